The standard InChI is InChI=1S/C27H24NO3P/c29-27(28-21-16-17-25-26(18-21)31-20-30-25)19-32(22-10-4-1-5-11-22,23-12-6-2-7-13-23)24-14-8-3-9-15-24/h1-18,32H,19-20H2,(H,28,29). The van der Waals surface area contributed by atoms with Gasteiger partial charge in [0, 0.05) is 0 Å². The average Bonchev–Trinajstić information content (AvgIpc) is 3.32. The van der Waals surface area contributed by atoms with Crippen LogP contribution in [-0.2, 0) is 4.79 Å². The number of benzene rings is 4. The zero-order valence-electron chi connectivity index (χ0n) is 17.5. The number of hydrogen-bond acceptors (Lipinski definition) is 3. The minimum atomic E-state index is -2.63. The Morgan fingerprint density at radius 1 is 0.688 bits per heavy atom. The van der Waals surface area contributed by atoms with Gasteiger partial charge in [-0.2, -0.15) is 0 Å². The predicted octanol–water partition coefficient (Wildman–Crippen LogP) is 4.08. The molecule has 0 saturated carbocycles. The van der Waals surface area contributed by atoms with E-state index in [1.165, 1.54) is 15.9 Å². The summed E-state index contributed by atoms with van der Waals surface area (Å²) in [6, 6.07) is 36.8. The molecule has 0 unspecified atom stereocenters. The third-order valence-corrected chi connectivity index (χ3v) is 10.7. The Morgan fingerprint density at radius 2 is 1.19 bits per heavy atom. The van der Waals surface area contributed by atoms with E-state index in [9.17, 15) is 4.79 Å². The van der Waals surface area contributed by atoms with Gasteiger partial charge in [-0.1, -0.05) is 0 Å². The van der Waals surface area contributed by atoms with Crippen LogP contribution in [0.1, 0.15) is 0 Å². The molecule has 0 bridgehead atoms. The summed E-state index contributed by atoms with van der Waals surface area (Å²) >= 11 is 0. The molecule has 4 nitrogen and oxygen atoms in total. The van der Waals surface area contributed by atoms with Crippen LogP contribution in [-0.4, -0.2) is 18.9 Å². The van der Waals surface area contributed by atoms with Crippen LogP contribution in [0.3, 0.4) is 0 Å². The van der Waals surface area contributed by atoms with E-state index in [2.05, 4.69) is 78.1 Å². The van der Waals surface area contributed by atoms with Crippen LogP contribution >= 0.6 is 7.26 Å². The number of amides is 1. The topological polar surface area (TPSA) is 47.6 Å². The van der Waals surface area contributed by atoms with Crippen LogP contribution < -0.4 is 30.7 Å². The predicted molar refractivity (Wildman–Crippen MR) is 133 cm³/mol. The monoisotopic (exact) mass is 441 g/mol. The van der Waals surface area contributed by atoms with E-state index in [1.807, 2.05) is 36.4 Å². The number of carbonyl (C=O) groups excluding carboxylic acids is 1. The fraction of sp³-hybridized carbons (Fsp3) is 0.0741. The Balaban J connectivity index is 1.57. The van der Waals surface area contributed by atoms with Crippen molar-refractivity contribution in [3.05, 3.63) is 109 Å². The molecule has 32 heavy (non-hydrogen) atoms. The minimum absolute atomic E-state index is 0.0212. The Morgan fingerprint density at radius 3 is 1.72 bits per heavy atom. The van der Waals surface area contributed by atoms with Gasteiger partial charge in [0.1, 0.15) is 0 Å². The number of anilines is 1. The molecule has 0 aliphatic carbocycles. The molecular formula is C27H24NO3P. The van der Waals surface area contributed by atoms with Gasteiger partial charge in [-0.3, -0.25) is 0 Å². The fourth-order valence-electron chi connectivity index (χ4n) is 4.39. The molecule has 1 amide bonds. The second kappa shape index (κ2) is 8.86. The normalized spacial score (nSPS) is 12.9. The van der Waals surface area contributed by atoms with Gasteiger partial charge in [0.2, 0.25) is 0 Å². The molecule has 1 heterocycles. The SMILES string of the molecule is O=C(C[PH](c1ccccc1)(c1ccccc1)c1ccccc1)Nc1ccc2c(c1)OCO2. The van der Waals surface area contributed by atoms with Gasteiger partial charge < -0.3 is 0 Å². The van der Waals surface area contributed by atoms with Crippen molar-refractivity contribution in [2.75, 3.05) is 18.3 Å². The van der Waals surface area contributed by atoms with E-state index in [0.29, 0.717) is 23.3 Å². The van der Waals surface area contributed by atoms with Gasteiger partial charge in [-0.15, -0.1) is 0 Å². The van der Waals surface area contributed by atoms with Crippen molar-refractivity contribution < 1.29 is 14.3 Å². The molecule has 0 radical (unpaired) electrons. The molecule has 5 heteroatoms. The molecule has 1 N–H and O–H groups in total. The molecule has 0 atom stereocenters. The second-order valence-corrected chi connectivity index (χ2v) is 11.7. The van der Waals surface area contributed by atoms with E-state index in [1.54, 1.807) is 0 Å². The Kier molecular flexibility index (Phi) is 5.62. The second-order valence-electron chi connectivity index (χ2n) is 7.80. The van der Waals surface area contributed by atoms with Crippen molar-refractivity contribution in [2.24, 2.45) is 0 Å². The summed E-state index contributed by atoms with van der Waals surface area (Å²) in [5, 5.41) is 6.72. The molecule has 0 saturated heterocycles. The van der Waals surface area contributed by atoms with Crippen LogP contribution in [0.2, 0.25) is 0 Å². The van der Waals surface area contributed by atoms with Crippen LogP contribution in [0.5, 0.6) is 11.5 Å². The summed E-state index contributed by atoms with van der Waals surface area (Å²) in [6.07, 6.45) is 0.388. The molecule has 1 aliphatic rings. The van der Waals surface area contributed by atoms with Crippen molar-refractivity contribution in [3.63, 3.8) is 0 Å². The van der Waals surface area contributed by atoms with Crippen molar-refractivity contribution in [1.29, 1.82) is 0 Å². The first-order valence-corrected chi connectivity index (χ1v) is 12.8. The molecule has 4 aromatic carbocycles. The van der Waals surface area contributed by atoms with Crippen molar-refractivity contribution in [1.82, 2.24) is 0 Å². The van der Waals surface area contributed by atoms with Crippen molar-refractivity contribution >= 4 is 34.8 Å². The Hall–Kier alpha value is -3.62. The van der Waals surface area contributed by atoms with Crippen LogP contribution in [0.15, 0.2) is 109 Å². The summed E-state index contributed by atoms with van der Waals surface area (Å²) in [4.78, 5) is 13.5. The number of fused-ring (bicyclic) bond motifs is 1. The van der Waals surface area contributed by atoms with Gasteiger partial charge in [-0.05, 0) is 0 Å². The van der Waals surface area contributed by atoms with Gasteiger partial charge in [0.25, 0.3) is 0 Å². The molecule has 4 aromatic rings. The van der Waals surface area contributed by atoms with Gasteiger partial charge in [0.15, 0.2) is 0 Å². The third kappa shape index (κ3) is 3.86. The van der Waals surface area contributed by atoms with Crippen molar-refractivity contribution in [3.8, 4) is 11.5 Å². The maximum atomic E-state index is 13.5. The van der Waals surface area contributed by atoms with Gasteiger partial charge in [-0.25, -0.2) is 0 Å². The molecule has 0 aromatic heterocycles. The van der Waals surface area contributed by atoms with Crippen LogP contribution in [0.25, 0.3) is 0 Å². The number of ether oxygens (including phenoxy) is 2. The number of nitrogens with one attached hydrogen (secondary N) is 1. The van der Waals surface area contributed by atoms with E-state index in [0.717, 1.165) is 0 Å². The summed E-state index contributed by atoms with van der Waals surface area (Å²) < 4.78 is 10.8. The summed E-state index contributed by atoms with van der Waals surface area (Å²) in [5.41, 5.74) is 0.705. The Labute approximate surface area is 188 Å². The first kappa shape index (κ1) is 20.3. The van der Waals surface area contributed by atoms with Crippen molar-refractivity contribution in [2.45, 2.75) is 0 Å². The van der Waals surface area contributed by atoms with Gasteiger partial charge >= 0.3 is 188 Å². The van der Waals surface area contributed by atoms with E-state index in [-0.39, 0.29) is 12.7 Å². The summed E-state index contributed by atoms with van der Waals surface area (Å²) in [5.74, 6) is 1.33. The molecule has 1 aliphatic heterocycles. The third-order valence-electron chi connectivity index (χ3n) is 5.88. The fourth-order valence-corrected chi connectivity index (χ4v) is 8.86. The zero-order valence-corrected chi connectivity index (χ0v) is 18.5. The molecule has 160 valence electrons. The molecule has 5 rings (SSSR count). The number of rotatable bonds is 6. The first-order valence-electron chi connectivity index (χ1n) is 10.6. The maximum absolute atomic E-state index is 13.5. The summed E-state index contributed by atoms with van der Waals surface area (Å²) in [6.45, 7) is 0.207. The van der Waals surface area contributed by atoms with Crippen LogP contribution in [0, 0.1) is 0 Å². The average molecular weight is 441 g/mol. The Bertz CT molecular complexity index is 1120. The number of carbonyl (C=O) groups is 1. The van der Waals surface area contributed by atoms with Crippen LogP contribution in [0.4, 0.5) is 5.69 Å². The van der Waals surface area contributed by atoms with Gasteiger partial charge in [0.05, 0.1) is 0 Å². The zero-order chi connectivity index (χ0) is 21.8. The molecule has 0 fully saturated rings. The summed E-state index contributed by atoms with van der Waals surface area (Å²) in [7, 11) is -2.63. The number of hydrogen-bond donors (Lipinski definition) is 1. The first-order chi connectivity index (χ1) is 15.8. The van der Waals surface area contributed by atoms with E-state index < -0.39 is 7.26 Å². The molecule has 0 spiro atoms. The van der Waals surface area contributed by atoms with E-state index in [4.69, 9.17) is 9.47 Å². The molecular weight excluding hydrogens is 417 g/mol. The quantitative estimate of drug-likeness (QED) is 0.459. The van der Waals surface area contributed by atoms with E-state index >= 15 is 0 Å².